The van der Waals surface area contributed by atoms with Crippen LogP contribution in [0.3, 0.4) is 0 Å². The van der Waals surface area contributed by atoms with Crippen molar-refractivity contribution in [3.8, 4) is 0 Å². The van der Waals surface area contributed by atoms with Gasteiger partial charge in [-0.3, -0.25) is 4.79 Å². The highest BCUT2D eigenvalue weighted by molar-refractivity contribution is 7.99. The molecule has 0 fully saturated rings. The van der Waals surface area contributed by atoms with Gasteiger partial charge in [-0.25, -0.2) is 0 Å². The van der Waals surface area contributed by atoms with Crippen LogP contribution in [0.25, 0.3) is 0 Å². The van der Waals surface area contributed by atoms with Crippen LogP contribution in [0.2, 0.25) is 5.02 Å². The summed E-state index contributed by atoms with van der Waals surface area (Å²) >= 11 is 7.58. The number of thioether (sulfide) groups is 1. The second-order valence-electron chi connectivity index (χ2n) is 4.64. The second kappa shape index (κ2) is 8.46. The van der Waals surface area contributed by atoms with Gasteiger partial charge in [0, 0.05) is 23.6 Å². The molecule has 2 N–H and O–H groups in total. The molecule has 1 rings (SSSR count). The summed E-state index contributed by atoms with van der Waals surface area (Å²) in [6.45, 7) is 4.15. The SMILES string of the molecule is CC(C)C(O)CNC(=O)CCSc1ccccc1Cl. The summed E-state index contributed by atoms with van der Waals surface area (Å²) in [6, 6.07) is 7.58. The smallest absolute Gasteiger partial charge is 0.220 e. The molecule has 1 atom stereocenters. The van der Waals surface area contributed by atoms with Gasteiger partial charge in [-0.2, -0.15) is 0 Å². The zero-order valence-corrected chi connectivity index (χ0v) is 12.8. The lowest BCUT2D eigenvalue weighted by molar-refractivity contribution is -0.121. The number of hydrogen-bond acceptors (Lipinski definition) is 3. The minimum absolute atomic E-state index is 0.0424. The molecule has 5 heteroatoms. The predicted octanol–water partition coefficient (Wildman–Crippen LogP) is 2.96. The molecule has 19 heavy (non-hydrogen) atoms. The molecule has 1 aromatic rings. The van der Waals surface area contributed by atoms with Gasteiger partial charge in [-0.05, 0) is 18.1 Å². The van der Waals surface area contributed by atoms with Gasteiger partial charge in [0.2, 0.25) is 5.91 Å². The maximum Gasteiger partial charge on any atom is 0.220 e. The zero-order valence-electron chi connectivity index (χ0n) is 11.2. The van der Waals surface area contributed by atoms with E-state index < -0.39 is 6.10 Å². The van der Waals surface area contributed by atoms with E-state index in [1.165, 1.54) is 0 Å². The highest BCUT2D eigenvalue weighted by atomic mass is 35.5. The number of carbonyl (C=O) groups is 1. The van der Waals surface area contributed by atoms with Crippen LogP contribution >= 0.6 is 23.4 Å². The number of aliphatic hydroxyl groups is 1. The van der Waals surface area contributed by atoms with Gasteiger partial charge in [-0.15, -0.1) is 11.8 Å². The van der Waals surface area contributed by atoms with Crippen molar-refractivity contribution < 1.29 is 9.90 Å². The molecular weight excluding hydrogens is 282 g/mol. The number of benzene rings is 1. The van der Waals surface area contributed by atoms with E-state index in [1.807, 2.05) is 38.1 Å². The maximum absolute atomic E-state index is 11.6. The monoisotopic (exact) mass is 301 g/mol. The van der Waals surface area contributed by atoms with Crippen LogP contribution in [0.4, 0.5) is 0 Å². The standard InChI is InChI=1S/C14H20ClNO2S/c1-10(2)12(17)9-16-14(18)7-8-19-13-6-4-3-5-11(13)15/h3-6,10,12,17H,7-9H2,1-2H3,(H,16,18). The van der Waals surface area contributed by atoms with Gasteiger partial charge < -0.3 is 10.4 Å². The van der Waals surface area contributed by atoms with Gasteiger partial charge in [0.25, 0.3) is 0 Å². The van der Waals surface area contributed by atoms with Crippen molar-refractivity contribution in [1.82, 2.24) is 5.32 Å². The molecule has 0 spiro atoms. The molecule has 0 aliphatic rings. The number of rotatable bonds is 7. The van der Waals surface area contributed by atoms with Crippen molar-refractivity contribution in [2.75, 3.05) is 12.3 Å². The van der Waals surface area contributed by atoms with Crippen LogP contribution in [0.5, 0.6) is 0 Å². The Morgan fingerprint density at radius 2 is 2.11 bits per heavy atom. The van der Waals surface area contributed by atoms with E-state index >= 15 is 0 Å². The Morgan fingerprint density at radius 3 is 2.74 bits per heavy atom. The topological polar surface area (TPSA) is 49.3 Å². The number of carbonyl (C=O) groups excluding carboxylic acids is 1. The van der Waals surface area contributed by atoms with E-state index in [-0.39, 0.29) is 11.8 Å². The summed E-state index contributed by atoms with van der Waals surface area (Å²) in [5, 5.41) is 13.0. The van der Waals surface area contributed by atoms with Crippen LogP contribution in [-0.2, 0) is 4.79 Å². The first-order chi connectivity index (χ1) is 9.00. The Kier molecular flexibility index (Phi) is 7.28. The highest BCUT2D eigenvalue weighted by Gasteiger charge is 2.10. The molecule has 0 radical (unpaired) electrons. The van der Waals surface area contributed by atoms with E-state index in [2.05, 4.69) is 5.32 Å². The van der Waals surface area contributed by atoms with Gasteiger partial charge in [-0.1, -0.05) is 37.6 Å². The van der Waals surface area contributed by atoms with Crippen LogP contribution < -0.4 is 5.32 Å². The second-order valence-corrected chi connectivity index (χ2v) is 6.19. The summed E-state index contributed by atoms with van der Waals surface area (Å²) in [4.78, 5) is 12.6. The van der Waals surface area contributed by atoms with Crippen molar-refractivity contribution in [3.63, 3.8) is 0 Å². The third kappa shape index (κ3) is 6.32. The van der Waals surface area contributed by atoms with Crippen molar-refractivity contribution >= 4 is 29.3 Å². The van der Waals surface area contributed by atoms with E-state index in [0.717, 1.165) is 4.90 Å². The summed E-state index contributed by atoms with van der Waals surface area (Å²) in [5.74, 6) is 0.782. The average molecular weight is 302 g/mol. The quantitative estimate of drug-likeness (QED) is 0.761. The van der Waals surface area contributed by atoms with E-state index in [1.54, 1.807) is 11.8 Å². The van der Waals surface area contributed by atoms with Crippen LogP contribution in [0, 0.1) is 5.92 Å². The predicted molar refractivity (Wildman–Crippen MR) is 80.6 cm³/mol. The molecule has 0 aromatic heterocycles. The molecular formula is C14H20ClNO2S. The van der Waals surface area contributed by atoms with Crippen LogP contribution in [-0.4, -0.2) is 29.4 Å². The minimum atomic E-state index is -0.486. The highest BCUT2D eigenvalue weighted by Crippen LogP contribution is 2.26. The third-order valence-electron chi connectivity index (χ3n) is 2.70. The number of nitrogens with one attached hydrogen (secondary N) is 1. The van der Waals surface area contributed by atoms with Crippen molar-refractivity contribution in [2.45, 2.75) is 31.3 Å². The van der Waals surface area contributed by atoms with Gasteiger partial charge in [0.1, 0.15) is 0 Å². The Bertz CT molecular complexity index is 412. The molecule has 1 aromatic carbocycles. The Hall–Kier alpha value is -0.710. The number of hydrogen-bond donors (Lipinski definition) is 2. The fourth-order valence-corrected chi connectivity index (χ4v) is 2.55. The third-order valence-corrected chi connectivity index (χ3v) is 4.22. The molecule has 3 nitrogen and oxygen atoms in total. The summed E-state index contributed by atoms with van der Waals surface area (Å²) in [5.41, 5.74) is 0. The first-order valence-corrected chi connectivity index (χ1v) is 7.69. The van der Waals surface area contributed by atoms with Crippen molar-refractivity contribution in [2.24, 2.45) is 5.92 Å². The van der Waals surface area contributed by atoms with Gasteiger partial charge in [0.15, 0.2) is 0 Å². The van der Waals surface area contributed by atoms with Crippen molar-refractivity contribution in [3.05, 3.63) is 29.3 Å². The summed E-state index contributed by atoms with van der Waals surface area (Å²) in [7, 11) is 0. The number of halogens is 1. The lowest BCUT2D eigenvalue weighted by atomic mass is 10.1. The zero-order chi connectivity index (χ0) is 14.3. The van der Waals surface area contributed by atoms with E-state index in [0.29, 0.717) is 23.7 Å². The normalized spacial score (nSPS) is 12.5. The van der Waals surface area contributed by atoms with Crippen molar-refractivity contribution in [1.29, 1.82) is 0 Å². The lowest BCUT2D eigenvalue weighted by Gasteiger charge is -2.14. The van der Waals surface area contributed by atoms with Crippen LogP contribution in [0.1, 0.15) is 20.3 Å². The Balaban J connectivity index is 2.23. The Morgan fingerprint density at radius 1 is 1.42 bits per heavy atom. The summed E-state index contributed by atoms with van der Waals surface area (Å²) in [6.07, 6.45) is -0.0686. The first kappa shape index (κ1) is 16.3. The fraction of sp³-hybridized carbons (Fsp3) is 0.500. The average Bonchev–Trinajstić information content (AvgIpc) is 2.38. The molecule has 0 bridgehead atoms. The molecule has 106 valence electrons. The molecule has 1 unspecified atom stereocenters. The molecule has 0 heterocycles. The molecule has 1 amide bonds. The molecule has 0 saturated heterocycles. The number of aliphatic hydroxyl groups excluding tert-OH is 1. The van der Waals surface area contributed by atoms with E-state index in [9.17, 15) is 9.90 Å². The van der Waals surface area contributed by atoms with E-state index in [4.69, 9.17) is 11.6 Å². The Labute approximate surface area is 123 Å². The minimum Gasteiger partial charge on any atom is -0.391 e. The van der Waals surface area contributed by atoms with Crippen LogP contribution in [0.15, 0.2) is 29.2 Å². The largest absolute Gasteiger partial charge is 0.391 e. The molecule has 0 aliphatic carbocycles. The fourth-order valence-electron chi connectivity index (χ4n) is 1.36. The number of amides is 1. The molecule has 0 saturated carbocycles. The molecule has 0 aliphatic heterocycles. The lowest BCUT2D eigenvalue weighted by Crippen LogP contribution is -2.34. The first-order valence-electron chi connectivity index (χ1n) is 6.32. The summed E-state index contributed by atoms with van der Waals surface area (Å²) < 4.78 is 0. The maximum atomic E-state index is 11.6. The van der Waals surface area contributed by atoms with Gasteiger partial charge in [0.05, 0.1) is 11.1 Å². The van der Waals surface area contributed by atoms with Gasteiger partial charge >= 0.3 is 0 Å².